The van der Waals surface area contributed by atoms with Crippen molar-refractivity contribution in [2.75, 3.05) is 0 Å². The Labute approximate surface area is 162 Å². The second-order valence-corrected chi connectivity index (χ2v) is 6.44. The van der Waals surface area contributed by atoms with E-state index in [4.69, 9.17) is 4.98 Å². The molecule has 1 N–H and O–H groups in total. The summed E-state index contributed by atoms with van der Waals surface area (Å²) >= 11 is 0. The maximum absolute atomic E-state index is 11.3. The van der Waals surface area contributed by atoms with Gasteiger partial charge in [0.15, 0.2) is 0 Å². The molecule has 136 valence electrons. The van der Waals surface area contributed by atoms with E-state index in [1.54, 1.807) is 6.20 Å². The SMILES string of the molecule is Cc1ccc(-c2cc(-c3ccccn3)nc(-c3cc(C(=O)O)ccn3)c2)cc1. The summed E-state index contributed by atoms with van der Waals surface area (Å²) in [6.07, 6.45) is 3.21. The summed E-state index contributed by atoms with van der Waals surface area (Å²) in [5, 5.41) is 9.29. The number of pyridine rings is 3. The molecular weight excluding hydrogens is 350 g/mol. The van der Waals surface area contributed by atoms with Crippen LogP contribution in [0.3, 0.4) is 0 Å². The Morgan fingerprint density at radius 1 is 0.750 bits per heavy atom. The first kappa shape index (κ1) is 17.5. The number of nitrogens with zero attached hydrogens (tertiary/aromatic N) is 3. The lowest BCUT2D eigenvalue weighted by Gasteiger charge is -2.10. The van der Waals surface area contributed by atoms with E-state index in [1.165, 1.54) is 23.9 Å². The van der Waals surface area contributed by atoms with Crippen molar-refractivity contribution in [2.45, 2.75) is 6.92 Å². The van der Waals surface area contributed by atoms with Gasteiger partial charge in [-0.1, -0.05) is 35.9 Å². The van der Waals surface area contributed by atoms with Crippen molar-refractivity contribution in [3.63, 3.8) is 0 Å². The summed E-state index contributed by atoms with van der Waals surface area (Å²) in [5.41, 5.74) is 5.91. The number of aromatic carboxylic acids is 1. The van der Waals surface area contributed by atoms with Crippen molar-refractivity contribution in [1.29, 1.82) is 0 Å². The molecular formula is C23H17N3O2. The molecule has 0 saturated heterocycles. The Bertz CT molecular complexity index is 1140. The van der Waals surface area contributed by atoms with Gasteiger partial charge >= 0.3 is 5.97 Å². The van der Waals surface area contributed by atoms with Gasteiger partial charge in [0.2, 0.25) is 0 Å². The van der Waals surface area contributed by atoms with Crippen LogP contribution in [0, 0.1) is 6.92 Å². The molecule has 0 unspecified atom stereocenters. The van der Waals surface area contributed by atoms with Crippen LogP contribution in [0.25, 0.3) is 33.9 Å². The highest BCUT2D eigenvalue weighted by atomic mass is 16.4. The fourth-order valence-electron chi connectivity index (χ4n) is 2.92. The van der Waals surface area contributed by atoms with Gasteiger partial charge in [-0.2, -0.15) is 0 Å². The Balaban J connectivity index is 1.90. The summed E-state index contributed by atoms with van der Waals surface area (Å²) in [7, 11) is 0. The van der Waals surface area contributed by atoms with Crippen LogP contribution in [-0.4, -0.2) is 26.0 Å². The third-order valence-electron chi connectivity index (χ3n) is 4.41. The molecule has 0 aliphatic rings. The number of carbonyl (C=O) groups is 1. The molecule has 0 aliphatic carbocycles. The van der Waals surface area contributed by atoms with Crippen LogP contribution < -0.4 is 0 Å². The predicted octanol–water partition coefficient (Wildman–Crippen LogP) is 4.88. The second-order valence-electron chi connectivity index (χ2n) is 6.44. The third-order valence-corrected chi connectivity index (χ3v) is 4.41. The predicted molar refractivity (Wildman–Crippen MR) is 108 cm³/mol. The van der Waals surface area contributed by atoms with Gasteiger partial charge in [0.05, 0.1) is 28.3 Å². The Hall–Kier alpha value is -3.86. The van der Waals surface area contributed by atoms with Gasteiger partial charge in [0.1, 0.15) is 0 Å². The summed E-state index contributed by atoms with van der Waals surface area (Å²) < 4.78 is 0. The maximum atomic E-state index is 11.3. The molecule has 0 amide bonds. The molecule has 4 rings (SSSR count). The fourth-order valence-corrected chi connectivity index (χ4v) is 2.92. The average Bonchev–Trinajstić information content (AvgIpc) is 2.74. The minimum atomic E-state index is -0.997. The van der Waals surface area contributed by atoms with E-state index in [0.29, 0.717) is 17.1 Å². The number of rotatable bonds is 4. The summed E-state index contributed by atoms with van der Waals surface area (Å²) in [4.78, 5) is 24.8. The number of carboxylic acid groups (broad SMARTS) is 1. The van der Waals surface area contributed by atoms with E-state index in [1.807, 2.05) is 37.3 Å². The number of hydrogen-bond acceptors (Lipinski definition) is 4. The molecule has 0 fully saturated rings. The zero-order valence-electron chi connectivity index (χ0n) is 15.2. The lowest BCUT2D eigenvalue weighted by atomic mass is 10.0. The number of hydrogen-bond donors (Lipinski definition) is 1. The number of benzene rings is 1. The van der Waals surface area contributed by atoms with Crippen molar-refractivity contribution in [3.8, 4) is 33.9 Å². The highest BCUT2D eigenvalue weighted by molar-refractivity contribution is 5.89. The first-order valence-electron chi connectivity index (χ1n) is 8.80. The van der Waals surface area contributed by atoms with Crippen molar-refractivity contribution < 1.29 is 9.90 Å². The smallest absolute Gasteiger partial charge is 0.335 e. The fraction of sp³-hybridized carbons (Fsp3) is 0.0435. The minimum Gasteiger partial charge on any atom is -0.478 e. The largest absolute Gasteiger partial charge is 0.478 e. The molecule has 1 aromatic carbocycles. The average molecular weight is 367 g/mol. The Morgan fingerprint density at radius 3 is 2.14 bits per heavy atom. The molecule has 0 atom stereocenters. The molecule has 5 nitrogen and oxygen atoms in total. The van der Waals surface area contributed by atoms with Crippen LogP contribution >= 0.6 is 0 Å². The van der Waals surface area contributed by atoms with Crippen LogP contribution in [-0.2, 0) is 0 Å². The highest BCUT2D eigenvalue weighted by Crippen LogP contribution is 2.29. The van der Waals surface area contributed by atoms with Gasteiger partial charge in [0, 0.05) is 12.4 Å². The van der Waals surface area contributed by atoms with E-state index in [-0.39, 0.29) is 5.56 Å². The first-order chi connectivity index (χ1) is 13.6. The number of aromatic nitrogens is 3. The standard InChI is InChI=1S/C23H17N3O2/c1-15-5-7-16(8-6-15)18-13-21(19-4-2-3-10-24-19)26-22(14-18)20-12-17(23(27)28)9-11-25-20/h2-14H,1H3,(H,27,28). The van der Waals surface area contributed by atoms with E-state index in [0.717, 1.165) is 16.8 Å². The van der Waals surface area contributed by atoms with Crippen LogP contribution in [0.15, 0.2) is 79.1 Å². The molecule has 0 spiro atoms. The molecule has 3 aromatic heterocycles. The first-order valence-corrected chi connectivity index (χ1v) is 8.80. The van der Waals surface area contributed by atoms with E-state index in [9.17, 15) is 9.90 Å². The normalized spacial score (nSPS) is 10.6. The van der Waals surface area contributed by atoms with Crippen molar-refractivity contribution in [1.82, 2.24) is 15.0 Å². The third kappa shape index (κ3) is 3.64. The summed E-state index contributed by atoms with van der Waals surface area (Å²) in [5.74, 6) is -0.997. The monoisotopic (exact) mass is 367 g/mol. The topological polar surface area (TPSA) is 76.0 Å². The zero-order valence-corrected chi connectivity index (χ0v) is 15.2. The molecule has 0 bridgehead atoms. The van der Waals surface area contributed by atoms with E-state index in [2.05, 4.69) is 34.2 Å². The molecule has 0 saturated carbocycles. The molecule has 3 heterocycles. The van der Waals surface area contributed by atoms with Gasteiger partial charge in [-0.3, -0.25) is 9.97 Å². The van der Waals surface area contributed by atoms with Gasteiger partial charge in [-0.25, -0.2) is 9.78 Å². The lowest BCUT2D eigenvalue weighted by molar-refractivity contribution is 0.0697. The quantitative estimate of drug-likeness (QED) is 0.556. The highest BCUT2D eigenvalue weighted by Gasteiger charge is 2.12. The van der Waals surface area contributed by atoms with Gasteiger partial charge < -0.3 is 5.11 Å². The van der Waals surface area contributed by atoms with Crippen LogP contribution in [0.4, 0.5) is 0 Å². The summed E-state index contributed by atoms with van der Waals surface area (Å²) in [6.45, 7) is 2.04. The van der Waals surface area contributed by atoms with Crippen LogP contribution in [0.2, 0.25) is 0 Å². The maximum Gasteiger partial charge on any atom is 0.335 e. The van der Waals surface area contributed by atoms with E-state index >= 15 is 0 Å². The van der Waals surface area contributed by atoms with Crippen LogP contribution in [0.5, 0.6) is 0 Å². The van der Waals surface area contributed by atoms with Crippen molar-refractivity contribution in [2.24, 2.45) is 0 Å². The minimum absolute atomic E-state index is 0.173. The molecule has 0 radical (unpaired) electrons. The molecule has 5 heteroatoms. The Morgan fingerprint density at radius 2 is 1.46 bits per heavy atom. The summed E-state index contributed by atoms with van der Waals surface area (Å²) in [6, 6.07) is 20.8. The van der Waals surface area contributed by atoms with E-state index < -0.39 is 5.97 Å². The van der Waals surface area contributed by atoms with Crippen molar-refractivity contribution >= 4 is 5.97 Å². The molecule has 4 aromatic rings. The molecule has 28 heavy (non-hydrogen) atoms. The van der Waals surface area contributed by atoms with Gasteiger partial charge in [-0.15, -0.1) is 0 Å². The number of aryl methyl sites for hydroxylation is 1. The Kier molecular flexibility index (Phi) is 4.64. The second kappa shape index (κ2) is 7.40. The molecule has 0 aliphatic heterocycles. The van der Waals surface area contributed by atoms with Crippen molar-refractivity contribution in [3.05, 3.63) is 90.3 Å². The zero-order chi connectivity index (χ0) is 19.5. The number of carboxylic acids is 1. The van der Waals surface area contributed by atoms with Gasteiger partial charge in [0.25, 0.3) is 0 Å². The van der Waals surface area contributed by atoms with Gasteiger partial charge in [-0.05, 0) is 54.4 Å². The van der Waals surface area contributed by atoms with Crippen LogP contribution in [0.1, 0.15) is 15.9 Å². The lowest BCUT2D eigenvalue weighted by Crippen LogP contribution is -1.99.